The van der Waals surface area contributed by atoms with Crippen molar-refractivity contribution in [3.8, 4) is 0 Å². The Balaban J connectivity index is 1.55. The van der Waals surface area contributed by atoms with Crippen LogP contribution in [0, 0.1) is 17.2 Å². The topological polar surface area (TPSA) is 58.2 Å². The van der Waals surface area contributed by atoms with Crippen molar-refractivity contribution in [1.82, 2.24) is 5.32 Å². The van der Waals surface area contributed by atoms with E-state index in [1.165, 1.54) is 37.8 Å². The molecule has 0 heterocycles. The van der Waals surface area contributed by atoms with Crippen LogP contribution in [0.1, 0.15) is 38.5 Å². The van der Waals surface area contributed by atoms with E-state index in [1.807, 2.05) is 0 Å². The fourth-order valence-electron chi connectivity index (χ4n) is 4.11. The van der Waals surface area contributed by atoms with Crippen molar-refractivity contribution >= 4 is 29.1 Å². The van der Waals surface area contributed by atoms with Gasteiger partial charge in [-0.3, -0.25) is 9.59 Å². The van der Waals surface area contributed by atoms with Gasteiger partial charge in [-0.15, -0.1) is 0 Å². The second kappa shape index (κ2) is 6.48. The zero-order chi connectivity index (χ0) is 16.4. The second-order valence-corrected chi connectivity index (χ2v) is 7.02. The molecule has 0 aromatic heterocycles. The number of nitrogens with one attached hydrogen (secondary N) is 2. The summed E-state index contributed by atoms with van der Waals surface area (Å²) in [4.78, 5) is 23.9. The van der Waals surface area contributed by atoms with Gasteiger partial charge in [-0.05, 0) is 55.2 Å². The number of anilines is 1. The van der Waals surface area contributed by atoms with Crippen LogP contribution in [0.25, 0.3) is 0 Å². The number of benzene rings is 1. The first-order valence-corrected chi connectivity index (χ1v) is 8.42. The first-order valence-electron chi connectivity index (χ1n) is 8.04. The van der Waals surface area contributed by atoms with Gasteiger partial charge >= 0.3 is 11.8 Å². The molecule has 2 aliphatic carbocycles. The monoisotopic (exact) mass is 338 g/mol. The molecular weight excluding hydrogens is 319 g/mol. The minimum Gasteiger partial charge on any atom is -0.347 e. The molecule has 2 saturated carbocycles. The Morgan fingerprint density at radius 2 is 1.91 bits per heavy atom. The van der Waals surface area contributed by atoms with E-state index in [-0.39, 0.29) is 16.1 Å². The number of amides is 2. The summed E-state index contributed by atoms with van der Waals surface area (Å²) in [6.45, 7) is 0.554. The van der Waals surface area contributed by atoms with E-state index >= 15 is 0 Å². The molecule has 0 unspecified atom stereocenters. The van der Waals surface area contributed by atoms with E-state index in [0.29, 0.717) is 12.5 Å². The molecule has 0 radical (unpaired) electrons. The third-order valence-corrected chi connectivity index (χ3v) is 5.61. The minimum absolute atomic E-state index is 0.0277. The first kappa shape index (κ1) is 16.2. The maximum Gasteiger partial charge on any atom is 0.313 e. The Morgan fingerprint density at radius 1 is 1.22 bits per heavy atom. The number of hydrogen-bond donors (Lipinski definition) is 2. The van der Waals surface area contributed by atoms with Crippen molar-refractivity contribution in [2.75, 3.05) is 11.9 Å². The Morgan fingerprint density at radius 3 is 2.57 bits per heavy atom. The van der Waals surface area contributed by atoms with E-state index in [0.717, 1.165) is 18.9 Å². The van der Waals surface area contributed by atoms with E-state index in [9.17, 15) is 14.0 Å². The molecule has 2 aliphatic rings. The average molecular weight is 339 g/mol. The summed E-state index contributed by atoms with van der Waals surface area (Å²) in [6.07, 6.45) is 7.12. The quantitative estimate of drug-likeness (QED) is 0.829. The summed E-state index contributed by atoms with van der Waals surface area (Å²) in [6, 6.07) is 3.89. The largest absolute Gasteiger partial charge is 0.347 e. The van der Waals surface area contributed by atoms with Crippen LogP contribution in [0.3, 0.4) is 0 Å². The highest BCUT2D eigenvalue weighted by Gasteiger charge is 2.46. The summed E-state index contributed by atoms with van der Waals surface area (Å²) in [5, 5.41) is 5.13. The standard InChI is InChI=1S/C17H20ClFN2O2/c18-13-6-5-12(9-14(13)19)21-16(23)15(22)20-10-17-7-1-3-11(17)4-2-8-17/h5-6,9,11H,1-4,7-8,10H2,(H,20,22)(H,21,23). The summed E-state index contributed by atoms with van der Waals surface area (Å²) in [5.74, 6) is -1.41. The van der Waals surface area contributed by atoms with Crippen molar-refractivity contribution in [3.63, 3.8) is 0 Å². The molecule has 2 fully saturated rings. The maximum absolute atomic E-state index is 13.3. The molecule has 0 saturated heterocycles. The molecule has 1 aromatic carbocycles. The number of hydrogen-bond acceptors (Lipinski definition) is 2. The normalized spacial score (nSPS) is 25.9. The molecule has 0 spiro atoms. The van der Waals surface area contributed by atoms with Gasteiger partial charge in [-0.2, -0.15) is 0 Å². The number of halogens is 2. The molecule has 0 atom stereocenters. The van der Waals surface area contributed by atoms with Crippen LogP contribution < -0.4 is 10.6 Å². The van der Waals surface area contributed by atoms with Gasteiger partial charge in [-0.25, -0.2) is 4.39 Å². The van der Waals surface area contributed by atoms with Gasteiger partial charge in [0.25, 0.3) is 0 Å². The Kier molecular flexibility index (Phi) is 4.57. The van der Waals surface area contributed by atoms with Crippen LogP contribution >= 0.6 is 11.6 Å². The number of carbonyl (C=O) groups excluding carboxylic acids is 2. The fraction of sp³-hybridized carbons (Fsp3) is 0.529. The van der Waals surface area contributed by atoms with Gasteiger partial charge in [0.05, 0.1) is 5.02 Å². The first-order chi connectivity index (χ1) is 11.0. The van der Waals surface area contributed by atoms with Gasteiger partial charge in [-0.1, -0.05) is 24.4 Å². The molecule has 124 valence electrons. The zero-order valence-corrected chi connectivity index (χ0v) is 13.6. The van der Waals surface area contributed by atoms with E-state index < -0.39 is 17.6 Å². The van der Waals surface area contributed by atoms with Crippen LogP contribution in [-0.4, -0.2) is 18.4 Å². The number of rotatable bonds is 3. The predicted octanol–water partition coefficient (Wildman–Crippen LogP) is 3.50. The molecule has 4 nitrogen and oxygen atoms in total. The lowest BCUT2D eigenvalue weighted by atomic mass is 9.80. The third-order valence-electron chi connectivity index (χ3n) is 5.31. The molecule has 2 amide bonds. The average Bonchev–Trinajstić information content (AvgIpc) is 3.08. The maximum atomic E-state index is 13.3. The molecule has 2 N–H and O–H groups in total. The van der Waals surface area contributed by atoms with Gasteiger partial charge in [0.15, 0.2) is 0 Å². The predicted molar refractivity (Wildman–Crippen MR) is 86.7 cm³/mol. The minimum atomic E-state index is -0.782. The van der Waals surface area contributed by atoms with Crippen LogP contribution in [0.5, 0.6) is 0 Å². The highest BCUT2D eigenvalue weighted by atomic mass is 35.5. The van der Waals surface area contributed by atoms with Crippen LogP contribution in [0.4, 0.5) is 10.1 Å². The van der Waals surface area contributed by atoms with Crippen LogP contribution in [-0.2, 0) is 9.59 Å². The molecule has 23 heavy (non-hydrogen) atoms. The Bertz CT molecular complexity index is 625. The Hall–Kier alpha value is -1.62. The lowest BCUT2D eigenvalue weighted by Crippen LogP contribution is -2.42. The highest BCUT2D eigenvalue weighted by Crippen LogP contribution is 2.53. The van der Waals surface area contributed by atoms with Crippen molar-refractivity contribution < 1.29 is 14.0 Å². The lowest BCUT2D eigenvalue weighted by Gasteiger charge is -2.29. The van der Waals surface area contributed by atoms with Gasteiger partial charge in [0.2, 0.25) is 0 Å². The highest BCUT2D eigenvalue weighted by molar-refractivity contribution is 6.39. The summed E-state index contributed by atoms with van der Waals surface area (Å²) >= 11 is 5.59. The molecule has 1 aromatic rings. The van der Waals surface area contributed by atoms with Crippen LogP contribution in [0.2, 0.25) is 5.02 Å². The summed E-state index contributed by atoms with van der Waals surface area (Å²) in [7, 11) is 0. The lowest BCUT2D eigenvalue weighted by molar-refractivity contribution is -0.136. The van der Waals surface area contributed by atoms with E-state index in [1.54, 1.807) is 0 Å². The van der Waals surface area contributed by atoms with Crippen molar-refractivity contribution in [1.29, 1.82) is 0 Å². The zero-order valence-electron chi connectivity index (χ0n) is 12.8. The molecular formula is C17H20ClFN2O2. The van der Waals surface area contributed by atoms with Crippen LogP contribution in [0.15, 0.2) is 18.2 Å². The summed E-state index contributed by atoms with van der Waals surface area (Å²) < 4.78 is 13.3. The number of carbonyl (C=O) groups is 2. The van der Waals surface area contributed by atoms with Gasteiger partial charge in [0.1, 0.15) is 5.82 Å². The van der Waals surface area contributed by atoms with Crippen molar-refractivity contribution in [3.05, 3.63) is 29.0 Å². The van der Waals surface area contributed by atoms with Gasteiger partial charge < -0.3 is 10.6 Å². The Labute approximate surface area is 139 Å². The fourth-order valence-corrected chi connectivity index (χ4v) is 4.23. The molecule has 6 heteroatoms. The molecule has 0 bridgehead atoms. The summed E-state index contributed by atoms with van der Waals surface area (Å²) in [5.41, 5.74) is 0.396. The second-order valence-electron chi connectivity index (χ2n) is 6.61. The third kappa shape index (κ3) is 3.34. The smallest absolute Gasteiger partial charge is 0.313 e. The SMILES string of the molecule is O=C(NCC12CCCC1CCC2)C(=O)Nc1ccc(Cl)c(F)c1. The van der Waals surface area contributed by atoms with Gasteiger partial charge in [0, 0.05) is 12.2 Å². The van der Waals surface area contributed by atoms with Crippen molar-refractivity contribution in [2.45, 2.75) is 38.5 Å². The number of fused-ring (bicyclic) bond motifs is 1. The molecule has 3 rings (SSSR count). The van der Waals surface area contributed by atoms with E-state index in [4.69, 9.17) is 11.6 Å². The van der Waals surface area contributed by atoms with Crippen molar-refractivity contribution in [2.24, 2.45) is 11.3 Å². The molecule has 0 aliphatic heterocycles. The van der Waals surface area contributed by atoms with E-state index in [2.05, 4.69) is 10.6 Å².